The Balaban J connectivity index is 2.24. The van der Waals surface area contributed by atoms with Crippen molar-refractivity contribution in [1.29, 1.82) is 0 Å². The molecule has 4 heteroatoms. The van der Waals surface area contributed by atoms with Gasteiger partial charge in [0.25, 0.3) is 0 Å². The molecule has 0 aliphatic heterocycles. The van der Waals surface area contributed by atoms with Gasteiger partial charge in [0, 0.05) is 17.2 Å². The highest BCUT2D eigenvalue weighted by atomic mass is 79.9. The minimum atomic E-state index is -0.221. The quantitative estimate of drug-likeness (QED) is 0.937. The van der Waals surface area contributed by atoms with Crippen LogP contribution in [0, 0.1) is 13.8 Å². The Morgan fingerprint density at radius 1 is 1.26 bits per heavy atom. The van der Waals surface area contributed by atoms with Crippen molar-refractivity contribution >= 4 is 15.9 Å². The van der Waals surface area contributed by atoms with Gasteiger partial charge in [-0.3, -0.25) is 4.98 Å². The molecule has 1 atom stereocenters. The molecule has 1 heterocycles. The zero-order valence-electron chi connectivity index (χ0n) is 11.1. The lowest BCUT2D eigenvalue weighted by Gasteiger charge is -2.18. The molecule has 0 amide bonds. The van der Waals surface area contributed by atoms with Crippen molar-refractivity contribution in [2.75, 3.05) is 6.54 Å². The first kappa shape index (κ1) is 14.0. The summed E-state index contributed by atoms with van der Waals surface area (Å²) < 4.78 is 7.07. The normalized spacial score (nSPS) is 12.2. The van der Waals surface area contributed by atoms with Gasteiger partial charge in [-0.1, -0.05) is 22.0 Å². The summed E-state index contributed by atoms with van der Waals surface area (Å²) in [6.07, 6.45) is 1.53. The van der Waals surface area contributed by atoms with Gasteiger partial charge in [-0.05, 0) is 49.2 Å². The molecule has 3 nitrogen and oxygen atoms in total. The summed E-state index contributed by atoms with van der Waals surface area (Å²) in [6.45, 7) is 4.48. The number of hydrogen-bond donors (Lipinski definition) is 1. The van der Waals surface area contributed by atoms with Gasteiger partial charge in [0.1, 0.15) is 5.75 Å². The van der Waals surface area contributed by atoms with E-state index in [9.17, 15) is 0 Å². The Kier molecular flexibility index (Phi) is 4.56. The van der Waals surface area contributed by atoms with Gasteiger partial charge in [0.15, 0.2) is 6.10 Å². The number of benzene rings is 1. The van der Waals surface area contributed by atoms with Crippen LogP contribution in [0.5, 0.6) is 5.75 Å². The zero-order valence-corrected chi connectivity index (χ0v) is 12.6. The van der Waals surface area contributed by atoms with Gasteiger partial charge in [-0.15, -0.1) is 0 Å². The van der Waals surface area contributed by atoms with Crippen molar-refractivity contribution in [2.45, 2.75) is 20.0 Å². The molecule has 0 fully saturated rings. The van der Waals surface area contributed by atoms with Gasteiger partial charge in [-0.25, -0.2) is 0 Å². The maximum atomic E-state index is 5.96. The second kappa shape index (κ2) is 6.17. The summed E-state index contributed by atoms with van der Waals surface area (Å²) >= 11 is 3.55. The molecular formula is C15H17BrN2O. The van der Waals surface area contributed by atoms with E-state index >= 15 is 0 Å². The van der Waals surface area contributed by atoms with E-state index < -0.39 is 0 Å². The van der Waals surface area contributed by atoms with Crippen LogP contribution in [-0.2, 0) is 0 Å². The minimum Gasteiger partial charge on any atom is -0.483 e. The van der Waals surface area contributed by atoms with Gasteiger partial charge >= 0.3 is 0 Å². The molecule has 0 spiro atoms. The van der Waals surface area contributed by atoms with E-state index in [2.05, 4.69) is 20.9 Å². The number of aromatic nitrogens is 1. The average molecular weight is 321 g/mol. The Morgan fingerprint density at radius 3 is 2.47 bits per heavy atom. The van der Waals surface area contributed by atoms with Gasteiger partial charge in [-0.2, -0.15) is 0 Å². The highest BCUT2D eigenvalue weighted by Gasteiger charge is 2.13. The lowest BCUT2D eigenvalue weighted by Crippen LogP contribution is -2.19. The molecule has 100 valence electrons. The standard InChI is InChI=1S/C15H17BrN2O/c1-10-7-12(8-11(2)15(10)16)19-14(9-17)13-5-3-4-6-18-13/h3-8,14H,9,17H2,1-2H3. The van der Waals surface area contributed by atoms with Gasteiger partial charge < -0.3 is 10.5 Å². The summed E-state index contributed by atoms with van der Waals surface area (Å²) in [7, 11) is 0. The number of nitrogens with two attached hydrogens (primary N) is 1. The molecule has 0 aliphatic rings. The summed E-state index contributed by atoms with van der Waals surface area (Å²) in [4.78, 5) is 4.29. The minimum absolute atomic E-state index is 0.221. The molecular weight excluding hydrogens is 304 g/mol. The van der Waals surface area contributed by atoms with Crippen LogP contribution in [0.4, 0.5) is 0 Å². The molecule has 1 aromatic heterocycles. The topological polar surface area (TPSA) is 48.1 Å². The van der Waals surface area contributed by atoms with Crippen molar-refractivity contribution in [3.8, 4) is 5.75 Å². The van der Waals surface area contributed by atoms with Crippen molar-refractivity contribution < 1.29 is 4.74 Å². The van der Waals surface area contributed by atoms with Crippen LogP contribution in [0.2, 0.25) is 0 Å². The van der Waals surface area contributed by atoms with Crippen LogP contribution < -0.4 is 10.5 Å². The van der Waals surface area contributed by atoms with Crippen LogP contribution in [0.3, 0.4) is 0 Å². The molecule has 0 bridgehead atoms. The molecule has 0 saturated carbocycles. The van der Waals surface area contributed by atoms with E-state index in [1.54, 1.807) is 6.20 Å². The number of aryl methyl sites for hydroxylation is 2. The molecule has 0 radical (unpaired) electrons. The Bertz CT molecular complexity index is 534. The molecule has 2 rings (SSSR count). The van der Waals surface area contributed by atoms with Gasteiger partial charge in [0.2, 0.25) is 0 Å². The highest BCUT2D eigenvalue weighted by Crippen LogP contribution is 2.28. The fraction of sp³-hybridized carbons (Fsp3) is 0.267. The fourth-order valence-corrected chi connectivity index (χ4v) is 2.16. The summed E-state index contributed by atoms with van der Waals surface area (Å²) in [6, 6.07) is 9.75. The van der Waals surface area contributed by atoms with E-state index in [1.807, 2.05) is 44.2 Å². The Labute approximate surface area is 121 Å². The SMILES string of the molecule is Cc1cc(OC(CN)c2ccccn2)cc(C)c1Br. The van der Waals surface area contributed by atoms with E-state index in [0.29, 0.717) is 6.54 Å². The molecule has 1 aromatic carbocycles. The molecule has 1 unspecified atom stereocenters. The smallest absolute Gasteiger partial charge is 0.153 e. The van der Waals surface area contributed by atoms with Crippen LogP contribution in [0.25, 0.3) is 0 Å². The van der Waals surface area contributed by atoms with E-state index in [0.717, 1.165) is 27.0 Å². The third-order valence-electron chi connectivity index (χ3n) is 2.92. The molecule has 0 saturated heterocycles. The van der Waals surface area contributed by atoms with E-state index in [4.69, 9.17) is 10.5 Å². The predicted molar refractivity (Wildman–Crippen MR) is 80.3 cm³/mol. The Hall–Kier alpha value is -1.39. The third-order valence-corrected chi connectivity index (χ3v) is 4.17. The maximum absolute atomic E-state index is 5.96. The average Bonchev–Trinajstić information content (AvgIpc) is 2.43. The van der Waals surface area contributed by atoms with Crippen molar-refractivity contribution in [1.82, 2.24) is 4.98 Å². The number of nitrogens with zero attached hydrogens (tertiary/aromatic N) is 1. The van der Waals surface area contributed by atoms with Crippen molar-refractivity contribution in [3.63, 3.8) is 0 Å². The summed E-state index contributed by atoms with van der Waals surface area (Å²) in [5.41, 5.74) is 8.92. The zero-order chi connectivity index (χ0) is 13.8. The highest BCUT2D eigenvalue weighted by molar-refractivity contribution is 9.10. The second-order valence-corrected chi connectivity index (χ2v) is 5.26. The lowest BCUT2D eigenvalue weighted by atomic mass is 10.1. The number of halogens is 1. The largest absolute Gasteiger partial charge is 0.483 e. The van der Waals surface area contributed by atoms with Crippen LogP contribution in [0.1, 0.15) is 22.9 Å². The van der Waals surface area contributed by atoms with Crippen molar-refractivity contribution in [3.05, 3.63) is 57.8 Å². The summed E-state index contributed by atoms with van der Waals surface area (Å²) in [5, 5.41) is 0. The molecule has 2 aromatic rings. The molecule has 19 heavy (non-hydrogen) atoms. The van der Waals surface area contributed by atoms with Crippen molar-refractivity contribution in [2.24, 2.45) is 5.73 Å². The lowest BCUT2D eigenvalue weighted by molar-refractivity contribution is 0.209. The van der Waals surface area contributed by atoms with E-state index in [1.165, 1.54) is 0 Å². The van der Waals surface area contributed by atoms with Gasteiger partial charge in [0.05, 0.1) is 5.69 Å². The number of rotatable bonds is 4. The number of ether oxygens (including phenoxy) is 1. The predicted octanol–water partition coefficient (Wildman–Crippen LogP) is 3.54. The number of hydrogen-bond acceptors (Lipinski definition) is 3. The monoisotopic (exact) mass is 320 g/mol. The first-order valence-corrected chi connectivity index (χ1v) is 6.95. The molecule has 0 aliphatic carbocycles. The summed E-state index contributed by atoms with van der Waals surface area (Å²) in [5.74, 6) is 0.819. The number of pyridine rings is 1. The Morgan fingerprint density at radius 2 is 1.95 bits per heavy atom. The van der Waals surface area contributed by atoms with Crippen LogP contribution in [-0.4, -0.2) is 11.5 Å². The first-order valence-electron chi connectivity index (χ1n) is 6.16. The molecule has 2 N–H and O–H groups in total. The second-order valence-electron chi connectivity index (χ2n) is 4.47. The van der Waals surface area contributed by atoms with Crippen LogP contribution in [0.15, 0.2) is 41.0 Å². The fourth-order valence-electron chi connectivity index (χ4n) is 1.93. The van der Waals surface area contributed by atoms with Crippen LogP contribution >= 0.6 is 15.9 Å². The first-order chi connectivity index (χ1) is 9.11. The third kappa shape index (κ3) is 3.33. The van der Waals surface area contributed by atoms with E-state index in [-0.39, 0.29) is 6.10 Å². The maximum Gasteiger partial charge on any atom is 0.153 e.